The normalized spacial score (nSPS) is 11.9. The Morgan fingerprint density at radius 3 is 2.45 bits per heavy atom. The van der Waals surface area contributed by atoms with Gasteiger partial charge < -0.3 is 9.73 Å². The van der Waals surface area contributed by atoms with Crippen molar-refractivity contribution in [3.8, 4) is 11.5 Å². The van der Waals surface area contributed by atoms with Crippen LogP contribution in [0, 0.1) is 6.92 Å². The van der Waals surface area contributed by atoms with Crippen molar-refractivity contribution in [2.24, 2.45) is 7.05 Å². The van der Waals surface area contributed by atoms with E-state index in [0.29, 0.717) is 52.5 Å². The van der Waals surface area contributed by atoms with Crippen molar-refractivity contribution in [2.45, 2.75) is 25.7 Å². The lowest BCUT2D eigenvalue weighted by atomic mass is 10.1. The number of furan rings is 1. The van der Waals surface area contributed by atoms with Gasteiger partial charge in [0.1, 0.15) is 5.69 Å². The van der Waals surface area contributed by atoms with Crippen LogP contribution in [0.2, 0.25) is 0 Å². The molecule has 0 aliphatic heterocycles. The lowest BCUT2D eigenvalue weighted by molar-refractivity contribution is 0.102. The van der Waals surface area contributed by atoms with E-state index in [4.69, 9.17) is 4.42 Å². The van der Waals surface area contributed by atoms with Gasteiger partial charge in [-0.1, -0.05) is 13.8 Å². The standard InChI is InChI=1S/C23H25N5O4S/c1-5-28(6-2)33(30,31)17-11-9-16(10-12-17)24-23(29)18-14-19(20-8-7-13-32-20)25-22-21(18)15(3)26-27(22)4/h7-14H,5-6H2,1-4H3,(H,24,29). The van der Waals surface area contributed by atoms with Gasteiger partial charge in [0.05, 0.1) is 27.8 Å². The molecule has 0 aliphatic carbocycles. The van der Waals surface area contributed by atoms with Gasteiger partial charge in [-0.05, 0) is 49.4 Å². The molecule has 172 valence electrons. The SMILES string of the molecule is CCN(CC)S(=O)(=O)c1ccc(NC(=O)c2cc(-c3ccco3)nc3c2c(C)nn3C)cc1. The Labute approximate surface area is 192 Å². The molecule has 0 unspecified atom stereocenters. The number of rotatable bonds is 7. The summed E-state index contributed by atoms with van der Waals surface area (Å²) in [6.45, 7) is 6.18. The highest BCUT2D eigenvalue weighted by molar-refractivity contribution is 7.89. The van der Waals surface area contributed by atoms with Gasteiger partial charge >= 0.3 is 0 Å². The highest BCUT2D eigenvalue weighted by Gasteiger charge is 2.23. The van der Waals surface area contributed by atoms with Crippen LogP contribution in [0.5, 0.6) is 0 Å². The second-order valence-electron chi connectivity index (χ2n) is 7.51. The van der Waals surface area contributed by atoms with Crippen LogP contribution in [0.15, 0.2) is 58.0 Å². The Bertz CT molecular complexity index is 1400. The zero-order chi connectivity index (χ0) is 23.8. The number of hydrogen-bond acceptors (Lipinski definition) is 6. The fourth-order valence-electron chi connectivity index (χ4n) is 3.80. The molecular formula is C23H25N5O4S. The second-order valence-corrected chi connectivity index (χ2v) is 9.45. The Morgan fingerprint density at radius 1 is 1.15 bits per heavy atom. The molecule has 10 heteroatoms. The van der Waals surface area contributed by atoms with Gasteiger partial charge in [-0.15, -0.1) is 0 Å². The highest BCUT2D eigenvalue weighted by atomic mass is 32.2. The minimum Gasteiger partial charge on any atom is -0.463 e. The first-order valence-electron chi connectivity index (χ1n) is 10.6. The molecule has 1 amide bonds. The van der Waals surface area contributed by atoms with Gasteiger partial charge in [-0.2, -0.15) is 9.40 Å². The summed E-state index contributed by atoms with van der Waals surface area (Å²) >= 11 is 0. The molecule has 9 nitrogen and oxygen atoms in total. The summed E-state index contributed by atoms with van der Waals surface area (Å²) in [4.78, 5) is 18.1. The summed E-state index contributed by atoms with van der Waals surface area (Å²) in [5.74, 6) is 0.182. The van der Waals surface area contributed by atoms with E-state index in [1.807, 2.05) is 6.92 Å². The topological polar surface area (TPSA) is 110 Å². The first kappa shape index (κ1) is 22.7. The molecule has 4 rings (SSSR count). The summed E-state index contributed by atoms with van der Waals surface area (Å²) in [6.07, 6.45) is 1.54. The first-order chi connectivity index (χ1) is 15.8. The van der Waals surface area contributed by atoms with Crippen LogP contribution in [0.3, 0.4) is 0 Å². The van der Waals surface area contributed by atoms with Crippen LogP contribution >= 0.6 is 0 Å². The monoisotopic (exact) mass is 467 g/mol. The van der Waals surface area contributed by atoms with Gasteiger partial charge in [0, 0.05) is 25.8 Å². The van der Waals surface area contributed by atoms with Crippen molar-refractivity contribution in [2.75, 3.05) is 18.4 Å². The van der Waals surface area contributed by atoms with Crippen LogP contribution < -0.4 is 5.32 Å². The van der Waals surface area contributed by atoms with Crippen molar-refractivity contribution in [1.29, 1.82) is 0 Å². The molecule has 0 fully saturated rings. The quantitative estimate of drug-likeness (QED) is 0.442. The number of pyridine rings is 1. The average Bonchev–Trinajstić information content (AvgIpc) is 3.43. The molecule has 3 heterocycles. The maximum atomic E-state index is 13.3. The lowest BCUT2D eigenvalue weighted by Crippen LogP contribution is -2.30. The molecule has 1 aromatic carbocycles. The average molecular weight is 468 g/mol. The number of anilines is 1. The van der Waals surface area contributed by atoms with Gasteiger partial charge in [0.15, 0.2) is 11.4 Å². The molecule has 0 saturated heterocycles. The van der Waals surface area contributed by atoms with Crippen molar-refractivity contribution < 1.29 is 17.6 Å². The summed E-state index contributed by atoms with van der Waals surface area (Å²) in [5.41, 5.74) is 2.63. The summed E-state index contributed by atoms with van der Waals surface area (Å²) < 4.78 is 33.9. The van der Waals surface area contributed by atoms with Gasteiger partial charge in [-0.25, -0.2) is 13.4 Å². The van der Waals surface area contributed by atoms with E-state index in [0.717, 1.165) is 0 Å². The van der Waals surface area contributed by atoms with Crippen LogP contribution in [-0.2, 0) is 17.1 Å². The Morgan fingerprint density at radius 2 is 1.85 bits per heavy atom. The first-order valence-corrected chi connectivity index (χ1v) is 12.0. The molecule has 0 saturated carbocycles. The number of fused-ring (bicyclic) bond motifs is 1. The van der Waals surface area contributed by atoms with Crippen molar-refractivity contribution >= 4 is 32.7 Å². The fourth-order valence-corrected chi connectivity index (χ4v) is 5.25. The van der Waals surface area contributed by atoms with Crippen molar-refractivity contribution in [1.82, 2.24) is 19.1 Å². The predicted octanol–water partition coefficient (Wildman–Crippen LogP) is 3.82. The zero-order valence-corrected chi connectivity index (χ0v) is 19.7. The third-order valence-corrected chi connectivity index (χ3v) is 7.51. The Kier molecular flexibility index (Phi) is 6.05. The number of carbonyl (C=O) groups is 1. The van der Waals surface area contributed by atoms with Crippen LogP contribution in [0.25, 0.3) is 22.5 Å². The molecule has 0 radical (unpaired) electrons. The third kappa shape index (κ3) is 4.14. The van der Waals surface area contributed by atoms with Gasteiger partial charge in [0.25, 0.3) is 5.91 Å². The molecular weight excluding hydrogens is 442 g/mol. The minimum absolute atomic E-state index is 0.179. The number of nitrogens with one attached hydrogen (secondary N) is 1. The number of sulfonamides is 1. The fraction of sp³-hybridized carbons (Fsp3) is 0.261. The number of amides is 1. The van der Waals surface area contributed by atoms with Crippen molar-refractivity contribution in [3.63, 3.8) is 0 Å². The number of aryl methyl sites for hydroxylation is 2. The lowest BCUT2D eigenvalue weighted by Gasteiger charge is -2.18. The molecule has 3 aromatic heterocycles. The number of hydrogen-bond donors (Lipinski definition) is 1. The molecule has 33 heavy (non-hydrogen) atoms. The molecule has 0 atom stereocenters. The number of benzene rings is 1. The van der Waals surface area contributed by atoms with Crippen LogP contribution in [-0.4, -0.2) is 46.5 Å². The number of aromatic nitrogens is 3. The van der Waals surface area contributed by atoms with E-state index < -0.39 is 10.0 Å². The predicted molar refractivity (Wildman–Crippen MR) is 125 cm³/mol. The Balaban J connectivity index is 1.68. The van der Waals surface area contributed by atoms with Crippen molar-refractivity contribution in [3.05, 3.63) is 60.0 Å². The smallest absolute Gasteiger partial charge is 0.256 e. The van der Waals surface area contributed by atoms with Gasteiger partial charge in [0.2, 0.25) is 10.0 Å². The van der Waals surface area contributed by atoms with Crippen LogP contribution in [0.4, 0.5) is 5.69 Å². The third-order valence-electron chi connectivity index (χ3n) is 5.44. The van der Waals surface area contributed by atoms with Gasteiger partial charge in [-0.3, -0.25) is 9.48 Å². The number of carbonyl (C=O) groups excluding carboxylic acids is 1. The highest BCUT2D eigenvalue weighted by Crippen LogP contribution is 2.28. The zero-order valence-electron chi connectivity index (χ0n) is 18.9. The minimum atomic E-state index is -3.57. The molecule has 0 bridgehead atoms. The van der Waals surface area contributed by atoms with E-state index >= 15 is 0 Å². The number of nitrogens with zero attached hydrogens (tertiary/aromatic N) is 4. The molecule has 0 aliphatic rings. The largest absolute Gasteiger partial charge is 0.463 e. The summed E-state index contributed by atoms with van der Waals surface area (Å²) in [5, 5.41) is 7.90. The van der Waals surface area contributed by atoms with E-state index in [-0.39, 0.29) is 10.8 Å². The van der Waals surface area contributed by atoms with Crippen LogP contribution in [0.1, 0.15) is 29.9 Å². The molecule has 1 N–H and O–H groups in total. The molecule has 4 aromatic rings. The van der Waals surface area contributed by atoms with E-state index in [2.05, 4.69) is 15.4 Å². The van der Waals surface area contributed by atoms with E-state index in [1.54, 1.807) is 62.2 Å². The van der Waals surface area contributed by atoms with E-state index in [1.165, 1.54) is 16.4 Å². The summed E-state index contributed by atoms with van der Waals surface area (Å²) in [6, 6.07) is 11.3. The maximum absolute atomic E-state index is 13.3. The maximum Gasteiger partial charge on any atom is 0.256 e. The Hall–Kier alpha value is -3.50. The van der Waals surface area contributed by atoms with E-state index in [9.17, 15) is 13.2 Å². The second kappa shape index (κ2) is 8.80. The summed E-state index contributed by atoms with van der Waals surface area (Å²) in [7, 11) is -1.80. The molecule has 0 spiro atoms.